The Bertz CT molecular complexity index is 293. The van der Waals surface area contributed by atoms with Crippen LogP contribution >= 0.6 is 27.3 Å². The molecule has 0 bridgehead atoms. The van der Waals surface area contributed by atoms with Crippen LogP contribution in [0.25, 0.3) is 0 Å². The Hall–Kier alpha value is 0.140. The molecule has 1 unspecified atom stereocenters. The summed E-state index contributed by atoms with van der Waals surface area (Å²) in [6.45, 7) is 6.85. The summed E-state index contributed by atoms with van der Waals surface area (Å²) < 4.78 is 1.23. The highest BCUT2D eigenvalue weighted by Gasteiger charge is 2.29. The predicted molar refractivity (Wildman–Crippen MR) is 67.9 cm³/mol. The van der Waals surface area contributed by atoms with Crippen molar-refractivity contribution < 1.29 is 0 Å². The molecule has 1 rings (SSSR count). The van der Waals surface area contributed by atoms with Crippen molar-refractivity contribution in [3.8, 4) is 0 Å². The highest BCUT2D eigenvalue weighted by atomic mass is 79.9. The second kappa shape index (κ2) is 4.77. The topological polar surface area (TPSA) is 12.0 Å². The summed E-state index contributed by atoms with van der Waals surface area (Å²) in [6.07, 6.45) is 1.17. The Morgan fingerprint density at radius 2 is 2.14 bits per heavy atom. The van der Waals surface area contributed by atoms with Gasteiger partial charge >= 0.3 is 0 Å². The van der Waals surface area contributed by atoms with Gasteiger partial charge in [0.1, 0.15) is 0 Å². The molecule has 0 saturated carbocycles. The normalized spacial score (nSPS) is 14.4. The lowest BCUT2D eigenvalue weighted by molar-refractivity contribution is 0.245. The van der Waals surface area contributed by atoms with E-state index in [0.717, 1.165) is 0 Å². The van der Waals surface area contributed by atoms with E-state index in [0.29, 0.717) is 11.5 Å². The van der Waals surface area contributed by atoms with Gasteiger partial charge in [0, 0.05) is 15.9 Å². The molecule has 0 aliphatic carbocycles. The van der Waals surface area contributed by atoms with Gasteiger partial charge in [-0.3, -0.25) is 0 Å². The highest BCUT2D eigenvalue weighted by Crippen LogP contribution is 2.40. The van der Waals surface area contributed by atoms with Crippen molar-refractivity contribution in [3.63, 3.8) is 0 Å². The second-order valence-corrected chi connectivity index (χ2v) is 5.84. The quantitative estimate of drug-likeness (QED) is 0.868. The van der Waals surface area contributed by atoms with Gasteiger partial charge in [-0.1, -0.05) is 20.8 Å². The third-order valence-corrected chi connectivity index (χ3v) is 4.69. The van der Waals surface area contributed by atoms with Gasteiger partial charge in [0.25, 0.3) is 0 Å². The van der Waals surface area contributed by atoms with E-state index in [1.54, 1.807) is 11.3 Å². The summed E-state index contributed by atoms with van der Waals surface area (Å²) in [5.41, 5.74) is 1.67. The molecule has 1 atom stereocenters. The zero-order chi connectivity index (χ0) is 10.8. The van der Waals surface area contributed by atoms with Crippen molar-refractivity contribution in [1.82, 2.24) is 5.32 Å². The summed E-state index contributed by atoms with van der Waals surface area (Å²) in [5, 5.41) is 7.78. The first-order valence-electron chi connectivity index (χ1n) is 4.91. The summed E-state index contributed by atoms with van der Waals surface area (Å²) in [5.74, 6) is 0. The minimum absolute atomic E-state index is 0.290. The summed E-state index contributed by atoms with van der Waals surface area (Å²) in [6, 6.07) is 0.424. The summed E-state index contributed by atoms with van der Waals surface area (Å²) in [4.78, 5) is 0. The van der Waals surface area contributed by atoms with Crippen LogP contribution in [-0.4, -0.2) is 7.05 Å². The average Bonchev–Trinajstić information content (AvgIpc) is 2.53. The first kappa shape index (κ1) is 12.2. The van der Waals surface area contributed by atoms with E-state index < -0.39 is 0 Å². The van der Waals surface area contributed by atoms with Crippen LogP contribution in [0, 0.1) is 5.41 Å². The number of rotatable bonds is 4. The van der Waals surface area contributed by atoms with Crippen molar-refractivity contribution in [1.29, 1.82) is 0 Å². The molecule has 1 heterocycles. The Kier molecular flexibility index (Phi) is 4.16. The number of halogens is 1. The maximum atomic E-state index is 3.60. The molecule has 0 fully saturated rings. The zero-order valence-electron chi connectivity index (χ0n) is 9.23. The lowest BCUT2D eigenvalue weighted by atomic mass is 9.79. The summed E-state index contributed by atoms with van der Waals surface area (Å²) in [7, 11) is 2.03. The van der Waals surface area contributed by atoms with Gasteiger partial charge in [0.15, 0.2) is 0 Å². The molecular weight excluding hydrogens is 258 g/mol. The third kappa shape index (κ3) is 2.38. The van der Waals surface area contributed by atoms with Crippen molar-refractivity contribution in [3.05, 3.63) is 20.8 Å². The van der Waals surface area contributed by atoms with Gasteiger partial charge in [-0.2, -0.15) is 11.3 Å². The molecule has 80 valence electrons. The molecule has 0 aliphatic rings. The van der Waals surface area contributed by atoms with E-state index in [4.69, 9.17) is 0 Å². The minimum Gasteiger partial charge on any atom is -0.312 e. The smallest absolute Gasteiger partial charge is 0.0388 e. The Morgan fingerprint density at radius 3 is 2.50 bits per heavy atom. The minimum atomic E-state index is 0.290. The molecule has 0 spiro atoms. The molecule has 1 aromatic heterocycles. The first-order valence-corrected chi connectivity index (χ1v) is 6.65. The van der Waals surface area contributed by atoms with Crippen LogP contribution in [0.5, 0.6) is 0 Å². The molecule has 1 nitrogen and oxygen atoms in total. The zero-order valence-corrected chi connectivity index (χ0v) is 11.6. The van der Waals surface area contributed by atoms with E-state index in [9.17, 15) is 0 Å². The van der Waals surface area contributed by atoms with Crippen LogP contribution in [-0.2, 0) is 0 Å². The van der Waals surface area contributed by atoms with Crippen molar-refractivity contribution >= 4 is 27.3 Å². The van der Waals surface area contributed by atoms with Gasteiger partial charge in [-0.05, 0) is 45.8 Å². The molecule has 3 heteroatoms. The molecule has 14 heavy (non-hydrogen) atoms. The average molecular weight is 276 g/mol. The van der Waals surface area contributed by atoms with Gasteiger partial charge in [-0.25, -0.2) is 0 Å². The van der Waals surface area contributed by atoms with Crippen molar-refractivity contribution in [2.75, 3.05) is 7.05 Å². The van der Waals surface area contributed by atoms with E-state index in [1.165, 1.54) is 16.5 Å². The van der Waals surface area contributed by atoms with Gasteiger partial charge in [0.05, 0.1) is 0 Å². The largest absolute Gasteiger partial charge is 0.312 e. The van der Waals surface area contributed by atoms with E-state index >= 15 is 0 Å². The van der Waals surface area contributed by atoms with Crippen LogP contribution in [0.4, 0.5) is 0 Å². The monoisotopic (exact) mass is 275 g/mol. The van der Waals surface area contributed by atoms with Crippen LogP contribution in [0.1, 0.15) is 38.8 Å². The second-order valence-electron chi connectivity index (χ2n) is 4.24. The fourth-order valence-corrected chi connectivity index (χ4v) is 3.22. The molecular formula is C11H18BrNS. The molecule has 0 aliphatic heterocycles. The highest BCUT2D eigenvalue weighted by molar-refractivity contribution is 9.10. The van der Waals surface area contributed by atoms with Crippen molar-refractivity contribution in [2.24, 2.45) is 5.41 Å². The molecule has 0 saturated heterocycles. The SMILES string of the molecule is CCC(C)(C)C(NC)c1cscc1Br. The lowest BCUT2D eigenvalue weighted by Crippen LogP contribution is -2.31. The Balaban J connectivity index is 2.99. The maximum Gasteiger partial charge on any atom is 0.0388 e. The molecule has 0 amide bonds. The van der Waals surface area contributed by atoms with Crippen LogP contribution < -0.4 is 5.32 Å². The van der Waals surface area contributed by atoms with Gasteiger partial charge in [0.2, 0.25) is 0 Å². The summed E-state index contributed by atoms with van der Waals surface area (Å²) >= 11 is 5.35. The first-order chi connectivity index (χ1) is 6.53. The fourth-order valence-electron chi connectivity index (χ4n) is 1.67. The Morgan fingerprint density at radius 1 is 1.50 bits per heavy atom. The van der Waals surface area contributed by atoms with Crippen molar-refractivity contribution in [2.45, 2.75) is 33.2 Å². The molecule has 1 N–H and O–H groups in total. The van der Waals surface area contributed by atoms with E-state index in [1.807, 2.05) is 7.05 Å². The number of hydrogen-bond acceptors (Lipinski definition) is 2. The number of nitrogens with one attached hydrogen (secondary N) is 1. The van der Waals surface area contributed by atoms with Crippen LogP contribution in [0.2, 0.25) is 0 Å². The van der Waals surface area contributed by atoms with Gasteiger partial charge in [-0.15, -0.1) is 0 Å². The van der Waals surface area contributed by atoms with Crippen LogP contribution in [0.15, 0.2) is 15.2 Å². The molecule has 0 aromatic carbocycles. The van der Waals surface area contributed by atoms with Gasteiger partial charge < -0.3 is 5.32 Å². The van der Waals surface area contributed by atoms with Crippen LogP contribution in [0.3, 0.4) is 0 Å². The molecule has 1 aromatic rings. The van der Waals surface area contributed by atoms with E-state index in [2.05, 4.69) is 52.8 Å². The molecule has 0 radical (unpaired) electrons. The Labute approximate surface area is 99.0 Å². The standard InChI is InChI=1S/C11H18BrNS/c1-5-11(2,3)10(13-4)8-6-14-7-9(8)12/h6-7,10,13H,5H2,1-4H3. The number of hydrogen-bond donors (Lipinski definition) is 1. The van der Waals surface area contributed by atoms with E-state index in [-0.39, 0.29) is 0 Å². The number of thiophene rings is 1. The lowest BCUT2D eigenvalue weighted by Gasteiger charge is -2.33. The predicted octanol–water partition coefficient (Wildman–Crippen LogP) is 4.21. The fraction of sp³-hybridized carbons (Fsp3) is 0.636. The third-order valence-electron chi connectivity index (χ3n) is 2.93. The maximum absolute atomic E-state index is 3.60.